The molecule has 0 heterocycles. The number of nitrogens with one attached hydrogen (secondary N) is 2. The Morgan fingerprint density at radius 1 is 0.561 bits per heavy atom. The predicted molar refractivity (Wildman–Crippen MR) is 225 cm³/mol. The molecule has 0 saturated carbocycles. The second-order valence-electron chi connectivity index (χ2n) is 15.6. The minimum absolute atomic E-state index is 0.0435. The Balaban J connectivity index is 0.000000306. The van der Waals surface area contributed by atoms with E-state index in [0.717, 1.165) is 33.4 Å². The zero-order chi connectivity index (χ0) is 42.2. The van der Waals surface area contributed by atoms with E-state index in [1.54, 1.807) is 41.5 Å². The van der Waals surface area contributed by atoms with Crippen LogP contribution < -0.4 is 10.6 Å². The van der Waals surface area contributed by atoms with Crippen LogP contribution in [0.4, 0.5) is 9.59 Å². The molecule has 0 aliphatic heterocycles. The fraction of sp³-hybridized carbons (Fsp3) is 0.319. The van der Waals surface area contributed by atoms with Crippen molar-refractivity contribution in [2.24, 2.45) is 0 Å². The maximum atomic E-state index is 12.2. The minimum Gasteiger partial charge on any atom is -0.478 e. The highest BCUT2D eigenvalue weighted by molar-refractivity contribution is 5.88. The van der Waals surface area contributed by atoms with E-state index in [-0.39, 0.29) is 24.5 Å². The van der Waals surface area contributed by atoms with Gasteiger partial charge in [-0.15, -0.1) is 0 Å². The fourth-order valence-electron chi connectivity index (χ4n) is 5.70. The monoisotopic (exact) mass is 776 g/mol. The summed E-state index contributed by atoms with van der Waals surface area (Å²) < 4.78 is 15.4. The highest BCUT2D eigenvalue weighted by Crippen LogP contribution is 2.22. The number of hydrogen-bond acceptors (Lipinski definition) is 7. The first-order chi connectivity index (χ1) is 26.8. The van der Waals surface area contributed by atoms with E-state index in [1.807, 2.05) is 97.1 Å². The van der Waals surface area contributed by atoms with Crippen LogP contribution in [0.3, 0.4) is 0 Å². The molecule has 3 N–H and O–H groups in total. The minimum atomic E-state index is -1.07. The van der Waals surface area contributed by atoms with Gasteiger partial charge in [0, 0.05) is 23.2 Å². The predicted octanol–water partition coefficient (Wildman–Crippen LogP) is 9.73. The molecule has 2 unspecified atom stereocenters. The van der Waals surface area contributed by atoms with Crippen LogP contribution >= 0.6 is 0 Å². The van der Waals surface area contributed by atoms with Crippen molar-refractivity contribution < 1.29 is 38.5 Å². The number of benzene rings is 4. The Morgan fingerprint density at radius 3 is 1.21 bits per heavy atom. The first-order valence-corrected chi connectivity index (χ1v) is 18.8. The van der Waals surface area contributed by atoms with Crippen molar-refractivity contribution in [3.63, 3.8) is 0 Å². The Hall–Kier alpha value is -6.16. The Kier molecular flexibility index (Phi) is 16.8. The van der Waals surface area contributed by atoms with Crippen LogP contribution in [0.2, 0.25) is 0 Å². The number of rotatable bonds is 14. The number of hydrogen-bond donors (Lipinski definition) is 3. The van der Waals surface area contributed by atoms with Gasteiger partial charge in [-0.25, -0.2) is 19.2 Å². The molecule has 0 spiro atoms. The number of carboxylic acids is 1. The molecule has 0 aromatic heterocycles. The summed E-state index contributed by atoms with van der Waals surface area (Å²) in [6.45, 7) is 18.1. The Bertz CT molecular complexity index is 1940. The van der Waals surface area contributed by atoms with Gasteiger partial charge in [0.05, 0.1) is 7.11 Å². The van der Waals surface area contributed by atoms with E-state index in [9.17, 15) is 19.2 Å². The van der Waals surface area contributed by atoms with Gasteiger partial charge < -0.3 is 30.0 Å². The van der Waals surface area contributed by atoms with E-state index in [1.165, 1.54) is 7.11 Å². The Labute approximate surface area is 337 Å². The van der Waals surface area contributed by atoms with E-state index < -0.39 is 41.4 Å². The standard InChI is InChI=1S/C24H29NO4.C23H27NO4/c1-17(22(26)28-5)15-21(25-23(27)29-24(2,3)4)16-18-11-13-20(14-12-18)19-9-7-6-8-10-19;1-16(21(25)26)14-20(24-22(27)28-23(2,3)4)15-17-10-12-19(13-11-17)18-8-6-5-7-9-18/h6-14,21H,1,15-16H2,2-5H3,(H,25,27);5-13,20H,1,14-15H2,2-4H3,(H,24,27)(H,25,26). The van der Waals surface area contributed by atoms with Crippen molar-refractivity contribution in [2.45, 2.75) is 90.5 Å². The molecule has 0 radical (unpaired) electrons. The number of alkyl carbamates (subject to hydrolysis) is 2. The van der Waals surface area contributed by atoms with Gasteiger partial charge in [0.2, 0.25) is 0 Å². The molecule has 4 rings (SSSR count). The van der Waals surface area contributed by atoms with Crippen LogP contribution in [0, 0.1) is 0 Å². The maximum Gasteiger partial charge on any atom is 0.407 e. The first kappa shape index (κ1) is 45.2. The highest BCUT2D eigenvalue weighted by atomic mass is 16.6. The number of methoxy groups -OCH3 is 1. The second-order valence-corrected chi connectivity index (χ2v) is 15.6. The quantitative estimate of drug-likeness (QED) is 0.0654. The van der Waals surface area contributed by atoms with Crippen LogP contribution in [0.15, 0.2) is 133 Å². The largest absolute Gasteiger partial charge is 0.478 e. The van der Waals surface area contributed by atoms with E-state index in [2.05, 4.69) is 35.9 Å². The normalized spacial score (nSPS) is 12.1. The summed E-state index contributed by atoms with van der Waals surface area (Å²) in [7, 11) is 1.31. The van der Waals surface area contributed by atoms with Gasteiger partial charge in [-0.3, -0.25) is 0 Å². The third kappa shape index (κ3) is 17.0. The molecule has 10 heteroatoms. The average molecular weight is 777 g/mol. The van der Waals surface area contributed by atoms with Gasteiger partial charge in [-0.05, 0) is 101 Å². The molecule has 0 fully saturated rings. The number of carboxylic acid groups (broad SMARTS) is 1. The second kappa shape index (κ2) is 21.2. The molecule has 0 aliphatic rings. The Morgan fingerprint density at radius 2 is 0.895 bits per heavy atom. The van der Waals surface area contributed by atoms with Gasteiger partial charge in [-0.2, -0.15) is 0 Å². The average Bonchev–Trinajstić information content (AvgIpc) is 3.14. The lowest BCUT2D eigenvalue weighted by molar-refractivity contribution is -0.136. The molecule has 10 nitrogen and oxygen atoms in total. The first-order valence-electron chi connectivity index (χ1n) is 18.8. The topological polar surface area (TPSA) is 140 Å². The van der Waals surface area contributed by atoms with Crippen molar-refractivity contribution in [2.75, 3.05) is 7.11 Å². The van der Waals surface area contributed by atoms with Crippen molar-refractivity contribution in [1.29, 1.82) is 0 Å². The van der Waals surface area contributed by atoms with E-state index >= 15 is 0 Å². The van der Waals surface area contributed by atoms with E-state index in [0.29, 0.717) is 18.4 Å². The van der Waals surface area contributed by atoms with Crippen LogP contribution in [0.5, 0.6) is 0 Å². The van der Waals surface area contributed by atoms with Crippen LogP contribution in [0.1, 0.15) is 65.5 Å². The number of amides is 2. The van der Waals surface area contributed by atoms with Gasteiger partial charge in [0.15, 0.2) is 0 Å². The number of esters is 1. The summed E-state index contributed by atoms with van der Waals surface area (Å²) in [5, 5.41) is 14.8. The fourth-order valence-corrected chi connectivity index (χ4v) is 5.70. The number of aliphatic carboxylic acids is 1. The third-order valence-electron chi connectivity index (χ3n) is 8.29. The molecule has 0 bridgehead atoms. The number of ether oxygens (including phenoxy) is 3. The van der Waals surface area contributed by atoms with E-state index in [4.69, 9.17) is 19.3 Å². The lowest BCUT2D eigenvalue weighted by Crippen LogP contribution is -2.40. The summed E-state index contributed by atoms with van der Waals surface area (Å²) in [6.07, 6.45) is 0.310. The molecule has 0 aliphatic carbocycles. The zero-order valence-electron chi connectivity index (χ0n) is 34.1. The summed E-state index contributed by atoms with van der Waals surface area (Å²) in [6, 6.07) is 35.5. The van der Waals surface area contributed by atoms with Gasteiger partial charge in [-0.1, -0.05) is 122 Å². The molecular formula is C47H56N2O8. The van der Waals surface area contributed by atoms with Crippen molar-refractivity contribution >= 4 is 24.1 Å². The van der Waals surface area contributed by atoms with Crippen molar-refractivity contribution in [1.82, 2.24) is 10.6 Å². The smallest absolute Gasteiger partial charge is 0.407 e. The molecule has 0 saturated heterocycles. The summed E-state index contributed by atoms with van der Waals surface area (Å²) in [5.41, 5.74) is 5.60. The van der Waals surface area contributed by atoms with Crippen LogP contribution in [0.25, 0.3) is 22.3 Å². The van der Waals surface area contributed by atoms with Crippen molar-refractivity contribution in [3.8, 4) is 22.3 Å². The van der Waals surface area contributed by atoms with Gasteiger partial charge in [0.25, 0.3) is 0 Å². The molecule has 302 valence electrons. The third-order valence-corrected chi connectivity index (χ3v) is 8.29. The molecule has 57 heavy (non-hydrogen) atoms. The summed E-state index contributed by atoms with van der Waals surface area (Å²) >= 11 is 0. The molecule has 4 aromatic rings. The zero-order valence-corrected chi connectivity index (χ0v) is 34.1. The highest BCUT2D eigenvalue weighted by Gasteiger charge is 2.23. The molecule has 4 aromatic carbocycles. The lowest BCUT2D eigenvalue weighted by atomic mass is 9.97. The summed E-state index contributed by atoms with van der Waals surface area (Å²) in [4.78, 5) is 47.3. The van der Waals surface area contributed by atoms with Gasteiger partial charge in [0.1, 0.15) is 11.2 Å². The lowest BCUT2D eigenvalue weighted by Gasteiger charge is -2.24. The molecule has 2 atom stereocenters. The molecular weight excluding hydrogens is 721 g/mol. The van der Waals surface area contributed by atoms with Crippen LogP contribution in [-0.2, 0) is 36.6 Å². The van der Waals surface area contributed by atoms with Gasteiger partial charge >= 0.3 is 24.1 Å². The maximum absolute atomic E-state index is 12.2. The molecule has 2 amide bonds. The number of carbonyl (C=O) groups excluding carboxylic acids is 3. The number of carbonyl (C=O) groups is 4. The summed E-state index contributed by atoms with van der Waals surface area (Å²) in [5.74, 6) is -1.56. The van der Waals surface area contributed by atoms with Crippen molar-refractivity contribution in [3.05, 3.63) is 145 Å². The SMILES string of the molecule is C=C(CC(Cc1ccc(-c2ccccc2)cc1)NC(=O)OC(C)(C)C)C(=O)O.C=C(CC(Cc1ccc(-c2ccccc2)cc1)NC(=O)OC(C)(C)C)C(=O)OC. The van der Waals surface area contributed by atoms with Crippen LogP contribution in [-0.4, -0.2) is 59.6 Å².